The molecule has 1 aliphatic carbocycles. The first kappa shape index (κ1) is 20.5. The molecule has 24 heavy (non-hydrogen) atoms. The molecule has 0 spiro atoms. The van der Waals surface area contributed by atoms with Crippen molar-refractivity contribution in [2.24, 2.45) is 10.8 Å². The maximum absolute atomic E-state index is 11.8. The number of carbonyl (C=O) groups excluding carboxylic acids is 2. The van der Waals surface area contributed by atoms with Crippen LogP contribution in [-0.2, 0) is 14.3 Å². The van der Waals surface area contributed by atoms with Crippen molar-refractivity contribution in [3.05, 3.63) is 12.2 Å². The van der Waals surface area contributed by atoms with E-state index in [0.29, 0.717) is 18.2 Å². The van der Waals surface area contributed by atoms with Crippen LogP contribution in [0.2, 0.25) is 0 Å². The zero-order chi connectivity index (χ0) is 18.4. The molecule has 6 heteroatoms. The second-order valence-electron chi connectivity index (χ2n) is 7.95. The van der Waals surface area contributed by atoms with Crippen molar-refractivity contribution in [1.82, 2.24) is 10.6 Å². The largest absolute Gasteiger partial charge is 0.459 e. The maximum Gasteiger partial charge on any atom is 0.407 e. The number of alkyl carbamates (subject to hydrolysis) is 1. The molecule has 0 radical (unpaired) electrons. The molecule has 0 aromatic rings. The normalized spacial score (nSPS) is 25.6. The number of hydrogen-bond donors (Lipinski definition) is 2. The zero-order valence-corrected chi connectivity index (χ0v) is 15.7. The lowest BCUT2D eigenvalue weighted by molar-refractivity contribution is -0.139. The summed E-state index contributed by atoms with van der Waals surface area (Å²) in [5, 5.41) is 6.20. The fourth-order valence-corrected chi connectivity index (χ4v) is 3.70. The van der Waals surface area contributed by atoms with Gasteiger partial charge in [-0.25, -0.2) is 9.59 Å². The van der Waals surface area contributed by atoms with E-state index in [2.05, 4.69) is 38.0 Å². The Balaban J connectivity index is 2.35. The molecule has 1 rings (SSSR count). The van der Waals surface area contributed by atoms with Crippen LogP contribution < -0.4 is 10.6 Å². The summed E-state index contributed by atoms with van der Waals surface area (Å²) in [4.78, 5) is 23.0. The Hall–Kier alpha value is -1.56. The van der Waals surface area contributed by atoms with E-state index in [0.717, 1.165) is 19.3 Å². The number of carbonyl (C=O) groups is 2. The average molecular weight is 340 g/mol. The van der Waals surface area contributed by atoms with Crippen LogP contribution in [-0.4, -0.2) is 44.9 Å². The molecule has 0 bridgehead atoms. The van der Waals surface area contributed by atoms with E-state index in [4.69, 9.17) is 9.47 Å². The van der Waals surface area contributed by atoms with Gasteiger partial charge in [-0.15, -0.1) is 0 Å². The molecule has 6 nitrogen and oxygen atoms in total. The topological polar surface area (TPSA) is 76.7 Å². The number of amides is 1. The molecule has 138 valence electrons. The predicted molar refractivity (Wildman–Crippen MR) is 93.7 cm³/mol. The highest BCUT2D eigenvalue weighted by molar-refractivity contribution is 5.86. The van der Waals surface area contributed by atoms with Crippen LogP contribution >= 0.6 is 0 Å². The van der Waals surface area contributed by atoms with E-state index >= 15 is 0 Å². The lowest BCUT2D eigenvalue weighted by Gasteiger charge is -2.46. The van der Waals surface area contributed by atoms with Crippen LogP contribution in [0.3, 0.4) is 0 Å². The fraction of sp³-hybridized carbons (Fsp3) is 0.778. The van der Waals surface area contributed by atoms with Gasteiger partial charge in [0.1, 0.15) is 13.2 Å². The Kier molecular flexibility index (Phi) is 7.27. The maximum atomic E-state index is 11.8. The average Bonchev–Trinajstić information content (AvgIpc) is 2.47. The smallest absolute Gasteiger partial charge is 0.407 e. The lowest BCUT2D eigenvalue weighted by atomic mass is 9.62. The minimum absolute atomic E-state index is 0.0286. The molecular weight excluding hydrogens is 308 g/mol. The molecule has 1 saturated carbocycles. The molecule has 1 amide bonds. The van der Waals surface area contributed by atoms with Crippen molar-refractivity contribution in [1.29, 1.82) is 0 Å². The van der Waals surface area contributed by atoms with Gasteiger partial charge in [0.15, 0.2) is 0 Å². The molecule has 0 saturated heterocycles. The molecule has 2 atom stereocenters. The highest BCUT2D eigenvalue weighted by Crippen LogP contribution is 2.45. The van der Waals surface area contributed by atoms with Crippen LogP contribution in [0, 0.1) is 10.8 Å². The summed E-state index contributed by atoms with van der Waals surface area (Å²) in [5.74, 6) is -0.478. The summed E-state index contributed by atoms with van der Waals surface area (Å²) < 4.78 is 9.91. The number of hydrogen-bond acceptors (Lipinski definition) is 5. The van der Waals surface area contributed by atoms with Crippen LogP contribution in [0.5, 0.6) is 0 Å². The molecule has 0 aromatic carbocycles. The molecule has 0 heterocycles. The number of nitrogens with one attached hydrogen (secondary N) is 2. The Morgan fingerprint density at radius 3 is 2.38 bits per heavy atom. The van der Waals surface area contributed by atoms with Gasteiger partial charge in [0, 0.05) is 18.2 Å². The van der Waals surface area contributed by atoms with Gasteiger partial charge >= 0.3 is 12.1 Å². The molecule has 1 aliphatic rings. The highest BCUT2D eigenvalue weighted by atomic mass is 16.6. The second-order valence-corrected chi connectivity index (χ2v) is 7.95. The van der Waals surface area contributed by atoms with Crippen molar-refractivity contribution >= 4 is 12.1 Å². The first-order valence-corrected chi connectivity index (χ1v) is 8.47. The lowest BCUT2D eigenvalue weighted by Crippen LogP contribution is -2.48. The summed E-state index contributed by atoms with van der Waals surface area (Å²) in [6.45, 7) is 12.4. The van der Waals surface area contributed by atoms with Crippen molar-refractivity contribution in [2.45, 2.75) is 53.0 Å². The van der Waals surface area contributed by atoms with Gasteiger partial charge in [0.25, 0.3) is 0 Å². The van der Waals surface area contributed by atoms with E-state index < -0.39 is 12.1 Å². The Labute approximate surface area is 145 Å². The Bertz CT molecular complexity index is 476. The van der Waals surface area contributed by atoms with Crippen molar-refractivity contribution in [3.63, 3.8) is 0 Å². The van der Waals surface area contributed by atoms with Gasteiger partial charge in [0.05, 0.1) is 0 Å². The van der Waals surface area contributed by atoms with Gasteiger partial charge in [-0.3, -0.25) is 0 Å². The Morgan fingerprint density at radius 2 is 1.79 bits per heavy atom. The van der Waals surface area contributed by atoms with E-state index in [-0.39, 0.29) is 24.0 Å². The van der Waals surface area contributed by atoms with Crippen molar-refractivity contribution in [3.8, 4) is 0 Å². The third kappa shape index (κ3) is 6.91. The van der Waals surface area contributed by atoms with Gasteiger partial charge in [-0.1, -0.05) is 27.4 Å². The van der Waals surface area contributed by atoms with Crippen LogP contribution in [0.25, 0.3) is 0 Å². The summed E-state index contributed by atoms with van der Waals surface area (Å²) in [7, 11) is 1.99. The van der Waals surface area contributed by atoms with Gasteiger partial charge in [-0.2, -0.15) is 0 Å². The molecule has 1 fully saturated rings. The van der Waals surface area contributed by atoms with Crippen LogP contribution in [0.4, 0.5) is 4.79 Å². The summed E-state index contributed by atoms with van der Waals surface area (Å²) >= 11 is 0. The SMILES string of the molecule is C=C(C)C(=O)OCCOC(=O)NCC1(C)CC(NC)CC(C)(C)C1. The van der Waals surface area contributed by atoms with E-state index in [9.17, 15) is 9.59 Å². The highest BCUT2D eigenvalue weighted by Gasteiger charge is 2.40. The number of esters is 1. The molecule has 2 N–H and O–H groups in total. The Morgan fingerprint density at radius 1 is 1.17 bits per heavy atom. The number of rotatable bonds is 7. The predicted octanol–water partition coefficient (Wildman–Crippen LogP) is 2.64. The van der Waals surface area contributed by atoms with Gasteiger partial charge in [-0.05, 0) is 44.1 Å². The fourth-order valence-electron chi connectivity index (χ4n) is 3.70. The van der Waals surface area contributed by atoms with E-state index in [1.54, 1.807) is 6.92 Å². The minimum atomic E-state index is -0.480. The minimum Gasteiger partial charge on any atom is -0.459 e. The van der Waals surface area contributed by atoms with E-state index in [1.807, 2.05) is 7.05 Å². The third-order valence-electron chi connectivity index (χ3n) is 4.41. The quantitative estimate of drug-likeness (QED) is 0.423. The van der Waals surface area contributed by atoms with Crippen LogP contribution in [0.1, 0.15) is 47.0 Å². The molecule has 0 aromatic heterocycles. The van der Waals surface area contributed by atoms with Gasteiger partial charge < -0.3 is 20.1 Å². The third-order valence-corrected chi connectivity index (χ3v) is 4.41. The first-order valence-electron chi connectivity index (χ1n) is 8.47. The summed E-state index contributed by atoms with van der Waals surface area (Å²) in [6.07, 6.45) is 2.72. The molecule has 0 aliphatic heterocycles. The van der Waals surface area contributed by atoms with E-state index in [1.165, 1.54) is 0 Å². The first-order chi connectivity index (χ1) is 11.1. The monoisotopic (exact) mass is 340 g/mol. The van der Waals surface area contributed by atoms with Crippen molar-refractivity contribution in [2.75, 3.05) is 26.8 Å². The summed E-state index contributed by atoms with van der Waals surface area (Å²) in [5.41, 5.74) is 0.593. The van der Waals surface area contributed by atoms with Crippen molar-refractivity contribution < 1.29 is 19.1 Å². The zero-order valence-electron chi connectivity index (χ0n) is 15.7. The molecule has 2 unspecified atom stereocenters. The number of ether oxygens (including phenoxy) is 2. The van der Waals surface area contributed by atoms with Crippen LogP contribution in [0.15, 0.2) is 12.2 Å². The second kappa shape index (κ2) is 8.51. The van der Waals surface area contributed by atoms with Gasteiger partial charge in [0.2, 0.25) is 0 Å². The molecular formula is C18H32N2O4. The summed E-state index contributed by atoms with van der Waals surface area (Å²) in [6, 6.07) is 0.457. The standard InChI is InChI=1S/C18H32N2O4/c1-13(2)15(21)23-7-8-24-16(22)20-12-18(5)10-14(19-6)9-17(3,4)11-18/h14,19H,1,7-12H2,2-6H3,(H,20,22).